The summed E-state index contributed by atoms with van der Waals surface area (Å²) < 4.78 is 2.30. The van der Waals surface area contributed by atoms with E-state index in [1.54, 1.807) is 26.1 Å². The van der Waals surface area contributed by atoms with E-state index in [-0.39, 0.29) is 30.2 Å². The Hall–Kier alpha value is -1.62. The maximum Gasteiger partial charge on any atom is 0.278 e. The SMILES string of the molecule is Cc1cc(C(=O)NOCCO)c(Nc2ccc(I)cc2Cl)n(C)c1=O. The molecule has 1 aromatic carbocycles. The minimum Gasteiger partial charge on any atom is -0.394 e. The smallest absolute Gasteiger partial charge is 0.278 e. The van der Waals surface area contributed by atoms with E-state index in [1.807, 2.05) is 6.07 Å². The van der Waals surface area contributed by atoms with E-state index in [9.17, 15) is 9.59 Å². The Labute approximate surface area is 163 Å². The lowest BCUT2D eigenvalue weighted by molar-refractivity contribution is 0.0168. The Morgan fingerprint density at radius 1 is 1.40 bits per heavy atom. The number of pyridine rings is 1. The predicted molar refractivity (Wildman–Crippen MR) is 104 cm³/mol. The van der Waals surface area contributed by atoms with E-state index in [1.165, 1.54) is 10.6 Å². The Bertz CT molecular complexity index is 854. The lowest BCUT2D eigenvalue weighted by Crippen LogP contribution is -2.30. The number of aryl methyl sites for hydroxylation is 1. The third kappa shape index (κ3) is 4.72. The van der Waals surface area contributed by atoms with Crippen LogP contribution in [0.1, 0.15) is 15.9 Å². The number of benzene rings is 1. The van der Waals surface area contributed by atoms with Crippen molar-refractivity contribution in [3.63, 3.8) is 0 Å². The van der Waals surface area contributed by atoms with Gasteiger partial charge >= 0.3 is 0 Å². The number of nitrogens with one attached hydrogen (secondary N) is 2. The molecule has 1 aromatic heterocycles. The Morgan fingerprint density at radius 3 is 2.76 bits per heavy atom. The fourth-order valence-electron chi connectivity index (χ4n) is 2.15. The van der Waals surface area contributed by atoms with Gasteiger partial charge in [-0.2, -0.15) is 0 Å². The molecule has 0 aliphatic heterocycles. The molecule has 0 aliphatic carbocycles. The van der Waals surface area contributed by atoms with Gasteiger partial charge < -0.3 is 10.4 Å². The number of anilines is 2. The molecule has 0 bridgehead atoms. The van der Waals surface area contributed by atoms with Gasteiger partial charge in [0.1, 0.15) is 5.82 Å². The van der Waals surface area contributed by atoms with E-state index in [2.05, 4.69) is 33.4 Å². The fraction of sp³-hybridized carbons (Fsp3) is 0.250. The number of carbonyl (C=O) groups excluding carboxylic acids is 1. The molecule has 0 atom stereocenters. The molecule has 2 aromatic rings. The molecule has 1 amide bonds. The Kier molecular flexibility index (Phi) is 6.82. The van der Waals surface area contributed by atoms with E-state index < -0.39 is 5.91 Å². The first kappa shape index (κ1) is 19.7. The van der Waals surface area contributed by atoms with Crippen LogP contribution in [-0.2, 0) is 11.9 Å². The van der Waals surface area contributed by atoms with Gasteiger partial charge in [0.05, 0.1) is 29.5 Å². The van der Waals surface area contributed by atoms with Gasteiger partial charge in [-0.1, -0.05) is 11.6 Å². The number of rotatable bonds is 6. The molecular formula is C16H17ClIN3O4. The standard InChI is InChI=1S/C16H17ClIN3O4/c1-9-7-11(15(23)20-25-6-5-22)14(21(2)16(9)24)19-13-4-3-10(18)8-12(13)17/h3-4,7-8,19,22H,5-6H2,1-2H3,(H,20,23). The molecule has 0 saturated heterocycles. The minimum absolute atomic E-state index is 0.0395. The highest BCUT2D eigenvalue weighted by molar-refractivity contribution is 14.1. The van der Waals surface area contributed by atoms with E-state index >= 15 is 0 Å². The van der Waals surface area contributed by atoms with Crippen LogP contribution >= 0.6 is 34.2 Å². The summed E-state index contributed by atoms with van der Waals surface area (Å²) in [6.45, 7) is 1.35. The highest BCUT2D eigenvalue weighted by atomic mass is 127. The number of amides is 1. The molecule has 9 heteroatoms. The molecule has 2 rings (SSSR count). The summed E-state index contributed by atoms with van der Waals surface area (Å²) in [5, 5.41) is 12.2. The maximum absolute atomic E-state index is 12.4. The van der Waals surface area contributed by atoms with E-state index in [4.69, 9.17) is 21.5 Å². The molecule has 0 saturated carbocycles. The Morgan fingerprint density at radius 2 is 2.12 bits per heavy atom. The average molecular weight is 478 g/mol. The van der Waals surface area contributed by atoms with Crippen molar-refractivity contribution in [1.29, 1.82) is 0 Å². The molecule has 0 aliphatic rings. The molecule has 0 radical (unpaired) electrons. The molecule has 25 heavy (non-hydrogen) atoms. The number of aromatic nitrogens is 1. The van der Waals surface area contributed by atoms with Crippen molar-refractivity contribution >= 4 is 51.6 Å². The summed E-state index contributed by atoms with van der Waals surface area (Å²) >= 11 is 8.37. The van der Waals surface area contributed by atoms with Crippen LogP contribution < -0.4 is 16.4 Å². The van der Waals surface area contributed by atoms with Crippen LogP contribution in [0.25, 0.3) is 0 Å². The lowest BCUT2D eigenvalue weighted by atomic mass is 10.1. The van der Waals surface area contributed by atoms with Crippen molar-refractivity contribution in [3.8, 4) is 0 Å². The van der Waals surface area contributed by atoms with Crippen LogP contribution in [-0.4, -0.2) is 28.8 Å². The second-order valence-electron chi connectivity index (χ2n) is 5.21. The maximum atomic E-state index is 12.4. The first-order valence-electron chi connectivity index (χ1n) is 7.31. The number of halogens is 2. The van der Waals surface area contributed by atoms with Gasteiger partial charge in [0.25, 0.3) is 11.5 Å². The summed E-state index contributed by atoms with van der Waals surface area (Å²) in [6.07, 6.45) is 0. The molecule has 0 fully saturated rings. The largest absolute Gasteiger partial charge is 0.394 e. The molecular weight excluding hydrogens is 461 g/mol. The van der Waals surface area contributed by atoms with Crippen LogP contribution in [0.2, 0.25) is 5.02 Å². The van der Waals surface area contributed by atoms with Crippen LogP contribution in [0.5, 0.6) is 0 Å². The van der Waals surface area contributed by atoms with Gasteiger partial charge in [-0.3, -0.25) is 19.0 Å². The topological polar surface area (TPSA) is 92.6 Å². The van der Waals surface area contributed by atoms with Crippen LogP contribution in [0.4, 0.5) is 11.5 Å². The number of nitrogens with zero attached hydrogens (tertiary/aromatic N) is 1. The fourth-order valence-corrected chi connectivity index (χ4v) is 3.06. The number of carbonyl (C=O) groups is 1. The zero-order valence-electron chi connectivity index (χ0n) is 13.6. The number of hydrogen-bond acceptors (Lipinski definition) is 5. The molecule has 3 N–H and O–H groups in total. The quantitative estimate of drug-likeness (QED) is 0.337. The molecule has 0 spiro atoms. The number of hydroxylamine groups is 1. The van der Waals surface area contributed by atoms with E-state index in [0.717, 1.165) is 3.57 Å². The highest BCUT2D eigenvalue weighted by Crippen LogP contribution is 2.28. The highest BCUT2D eigenvalue weighted by Gasteiger charge is 2.18. The first-order valence-corrected chi connectivity index (χ1v) is 8.76. The molecule has 0 unspecified atom stereocenters. The zero-order valence-corrected chi connectivity index (χ0v) is 16.5. The normalized spacial score (nSPS) is 10.6. The molecule has 1 heterocycles. The second-order valence-corrected chi connectivity index (χ2v) is 6.86. The first-order chi connectivity index (χ1) is 11.8. The van der Waals surface area contributed by atoms with Crippen molar-refractivity contribution in [1.82, 2.24) is 10.0 Å². The van der Waals surface area contributed by atoms with Gasteiger partial charge in [0, 0.05) is 16.2 Å². The number of aliphatic hydroxyl groups is 1. The minimum atomic E-state index is -0.545. The summed E-state index contributed by atoms with van der Waals surface area (Å²) in [6, 6.07) is 6.85. The zero-order chi connectivity index (χ0) is 18.6. The van der Waals surface area contributed by atoms with Crippen molar-refractivity contribution in [2.45, 2.75) is 6.92 Å². The summed E-state index contributed by atoms with van der Waals surface area (Å²) in [5.41, 5.74) is 3.18. The molecule has 134 valence electrons. The third-order valence-electron chi connectivity index (χ3n) is 3.38. The van der Waals surface area contributed by atoms with Crippen molar-refractivity contribution in [2.24, 2.45) is 7.05 Å². The second kappa shape index (κ2) is 8.65. The Balaban J connectivity index is 2.45. The van der Waals surface area contributed by atoms with Gasteiger partial charge in [0.2, 0.25) is 0 Å². The number of hydrogen-bond donors (Lipinski definition) is 3. The monoisotopic (exact) mass is 477 g/mol. The van der Waals surface area contributed by atoms with Gasteiger partial charge in [0.15, 0.2) is 0 Å². The average Bonchev–Trinajstić information content (AvgIpc) is 2.57. The van der Waals surface area contributed by atoms with Crippen LogP contribution in [0.15, 0.2) is 29.1 Å². The lowest BCUT2D eigenvalue weighted by Gasteiger charge is -2.17. The van der Waals surface area contributed by atoms with Gasteiger partial charge in [-0.15, -0.1) is 0 Å². The van der Waals surface area contributed by atoms with Crippen LogP contribution in [0.3, 0.4) is 0 Å². The predicted octanol–water partition coefficient (Wildman–Crippen LogP) is 2.35. The van der Waals surface area contributed by atoms with Crippen molar-refractivity contribution in [3.05, 3.63) is 54.3 Å². The summed E-state index contributed by atoms with van der Waals surface area (Å²) in [7, 11) is 1.56. The summed E-state index contributed by atoms with van der Waals surface area (Å²) in [5.74, 6) is -0.264. The van der Waals surface area contributed by atoms with Gasteiger partial charge in [-0.25, -0.2) is 5.48 Å². The van der Waals surface area contributed by atoms with Crippen molar-refractivity contribution in [2.75, 3.05) is 18.5 Å². The van der Waals surface area contributed by atoms with Gasteiger partial charge in [-0.05, 0) is 53.8 Å². The number of aliphatic hydroxyl groups excluding tert-OH is 1. The van der Waals surface area contributed by atoms with E-state index in [0.29, 0.717) is 16.3 Å². The van der Waals surface area contributed by atoms with Crippen molar-refractivity contribution < 1.29 is 14.7 Å². The van der Waals surface area contributed by atoms with Crippen LogP contribution in [0, 0.1) is 10.5 Å². The molecule has 7 nitrogen and oxygen atoms in total. The summed E-state index contributed by atoms with van der Waals surface area (Å²) in [4.78, 5) is 29.5. The third-order valence-corrected chi connectivity index (χ3v) is 4.36.